The average Bonchev–Trinajstić information content (AvgIpc) is 2.72. The van der Waals surface area contributed by atoms with Gasteiger partial charge in [0, 0.05) is 22.8 Å². The molecule has 0 fully saturated rings. The molecule has 0 unspecified atom stereocenters. The van der Waals surface area contributed by atoms with Crippen molar-refractivity contribution in [1.29, 1.82) is 0 Å². The Labute approximate surface area is 125 Å². The fourth-order valence-corrected chi connectivity index (χ4v) is 3.06. The molecule has 0 aliphatic carbocycles. The molecule has 0 amide bonds. The second kappa shape index (κ2) is 5.76. The summed E-state index contributed by atoms with van der Waals surface area (Å²) in [5.74, 6) is -1.09. The number of aliphatic hydroxyl groups is 1. The third-order valence-corrected chi connectivity index (χ3v) is 3.61. The zero-order valence-electron chi connectivity index (χ0n) is 11.2. The van der Waals surface area contributed by atoms with Gasteiger partial charge in [-0.25, -0.2) is 9.48 Å². The Morgan fingerprint density at radius 3 is 2.65 bits per heavy atom. The van der Waals surface area contributed by atoms with Crippen LogP contribution in [0.4, 0.5) is 0 Å². The molecule has 0 bridgehead atoms. The van der Waals surface area contributed by atoms with E-state index in [0.717, 1.165) is 21.3 Å². The fraction of sp³-hybridized carbons (Fsp3) is 0.286. The van der Waals surface area contributed by atoms with Crippen LogP contribution in [0.3, 0.4) is 0 Å². The number of benzene rings is 1. The average molecular weight is 339 g/mol. The molecular weight excluding hydrogens is 324 g/mol. The minimum atomic E-state index is -1.09. The van der Waals surface area contributed by atoms with E-state index in [-0.39, 0.29) is 18.7 Å². The third kappa shape index (κ3) is 2.76. The largest absolute Gasteiger partial charge is 0.476 e. The highest BCUT2D eigenvalue weighted by atomic mass is 79.9. The Morgan fingerprint density at radius 1 is 1.40 bits per heavy atom. The molecule has 1 aromatic carbocycles. The molecular formula is C14H15BrN2O3. The Morgan fingerprint density at radius 2 is 2.10 bits per heavy atom. The number of aromatic nitrogens is 2. The number of carboxylic acids is 1. The number of aliphatic hydroxyl groups excluding tert-OH is 1. The fourth-order valence-electron chi connectivity index (χ4n) is 2.21. The molecule has 0 aliphatic heterocycles. The van der Waals surface area contributed by atoms with E-state index in [2.05, 4.69) is 21.0 Å². The van der Waals surface area contributed by atoms with Crippen molar-refractivity contribution in [2.24, 2.45) is 0 Å². The molecule has 20 heavy (non-hydrogen) atoms. The molecule has 1 aromatic heterocycles. The third-order valence-electron chi connectivity index (χ3n) is 3.00. The summed E-state index contributed by atoms with van der Waals surface area (Å²) < 4.78 is 2.40. The molecule has 5 nitrogen and oxygen atoms in total. The zero-order valence-corrected chi connectivity index (χ0v) is 12.8. The number of rotatable bonds is 4. The number of carbonyl (C=O) groups is 1. The van der Waals surface area contributed by atoms with Gasteiger partial charge in [0.05, 0.1) is 5.69 Å². The molecule has 2 N–H and O–H groups in total. The van der Waals surface area contributed by atoms with Crippen LogP contribution in [0.15, 0.2) is 22.8 Å². The van der Waals surface area contributed by atoms with E-state index in [1.807, 2.05) is 26.0 Å². The van der Waals surface area contributed by atoms with Crippen molar-refractivity contribution >= 4 is 21.9 Å². The topological polar surface area (TPSA) is 75.4 Å². The van der Waals surface area contributed by atoms with E-state index in [4.69, 9.17) is 10.2 Å². The van der Waals surface area contributed by atoms with Crippen molar-refractivity contribution < 1.29 is 15.0 Å². The second-order valence-electron chi connectivity index (χ2n) is 4.64. The van der Waals surface area contributed by atoms with Gasteiger partial charge < -0.3 is 10.2 Å². The predicted octanol–water partition coefficient (Wildman–Crippen LogP) is 2.48. The zero-order chi connectivity index (χ0) is 14.9. The van der Waals surface area contributed by atoms with Gasteiger partial charge in [0.2, 0.25) is 0 Å². The van der Waals surface area contributed by atoms with Crippen molar-refractivity contribution in [3.63, 3.8) is 0 Å². The molecule has 106 valence electrons. The molecule has 0 saturated carbocycles. The van der Waals surface area contributed by atoms with E-state index < -0.39 is 5.97 Å². The maximum atomic E-state index is 11.2. The van der Waals surface area contributed by atoms with Crippen molar-refractivity contribution in [2.75, 3.05) is 6.61 Å². The number of hydrogen-bond acceptors (Lipinski definition) is 3. The van der Waals surface area contributed by atoms with Crippen LogP contribution in [0.5, 0.6) is 0 Å². The number of hydrogen-bond donors (Lipinski definition) is 2. The first kappa shape index (κ1) is 14.7. The lowest BCUT2D eigenvalue weighted by atomic mass is 10.1. The Kier molecular flexibility index (Phi) is 4.25. The van der Waals surface area contributed by atoms with Gasteiger partial charge in [-0.2, -0.15) is 5.10 Å². The van der Waals surface area contributed by atoms with Crippen molar-refractivity contribution in [3.8, 4) is 5.69 Å². The van der Waals surface area contributed by atoms with Crippen LogP contribution in [0.25, 0.3) is 5.69 Å². The van der Waals surface area contributed by atoms with Gasteiger partial charge in [0.15, 0.2) is 5.69 Å². The van der Waals surface area contributed by atoms with Crippen molar-refractivity contribution in [2.45, 2.75) is 20.3 Å². The van der Waals surface area contributed by atoms with Crippen LogP contribution < -0.4 is 0 Å². The van der Waals surface area contributed by atoms with Gasteiger partial charge >= 0.3 is 5.97 Å². The monoisotopic (exact) mass is 338 g/mol. The van der Waals surface area contributed by atoms with Gasteiger partial charge in [-0.3, -0.25) is 0 Å². The highest BCUT2D eigenvalue weighted by Crippen LogP contribution is 2.27. The van der Waals surface area contributed by atoms with E-state index >= 15 is 0 Å². The molecule has 0 radical (unpaired) electrons. The molecule has 0 saturated heterocycles. The maximum Gasteiger partial charge on any atom is 0.356 e. The highest BCUT2D eigenvalue weighted by Gasteiger charge is 2.18. The molecule has 0 aliphatic rings. The summed E-state index contributed by atoms with van der Waals surface area (Å²) in [6, 6.07) is 3.96. The smallest absolute Gasteiger partial charge is 0.356 e. The quantitative estimate of drug-likeness (QED) is 0.897. The lowest BCUT2D eigenvalue weighted by Crippen LogP contribution is -2.04. The number of halogens is 1. The van der Waals surface area contributed by atoms with Crippen LogP contribution in [0.2, 0.25) is 0 Å². The lowest BCUT2D eigenvalue weighted by molar-refractivity contribution is 0.0688. The summed E-state index contributed by atoms with van der Waals surface area (Å²) in [5.41, 5.74) is 3.41. The van der Waals surface area contributed by atoms with E-state index in [1.54, 1.807) is 10.9 Å². The normalized spacial score (nSPS) is 10.8. The minimum absolute atomic E-state index is 0.0223. The van der Waals surface area contributed by atoms with Gasteiger partial charge in [-0.05, 0) is 53.4 Å². The van der Waals surface area contributed by atoms with Gasteiger partial charge in [-0.1, -0.05) is 6.07 Å². The van der Waals surface area contributed by atoms with E-state index in [9.17, 15) is 4.79 Å². The number of aryl methyl sites for hydroxylation is 2. The predicted molar refractivity (Wildman–Crippen MR) is 78.5 cm³/mol. The van der Waals surface area contributed by atoms with Crippen molar-refractivity contribution in [1.82, 2.24) is 9.78 Å². The van der Waals surface area contributed by atoms with Crippen LogP contribution in [0.1, 0.15) is 27.2 Å². The summed E-state index contributed by atoms with van der Waals surface area (Å²) in [4.78, 5) is 11.2. The standard InChI is InChI=1S/C14H15BrN2O3/c1-8-5-9(2)13(11(15)6-8)17-7-10(3-4-18)12(16-17)14(19)20/h5-7,18H,3-4H2,1-2H3,(H,19,20). The summed E-state index contributed by atoms with van der Waals surface area (Å²) in [6.07, 6.45) is 1.92. The Balaban J connectivity index is 2.59. The van der Waals surface area contributed by atoms with E-state index in [1.165, 1.54) is 0 Å². The molecule has 1 heterocycles. The Hall–Kier alpha value is -1.66. The summed E-state index contributed by atoms with van der Waals surface area (Å²) >= 11 is 3.49. The minimum Gasteiger partial charge on any atom is -0.476 e. The number of carboxylic acid groups (broad SMARTS) is 1. The second-order valence-corrected chi connectivity index (χ2v) is 5.49. The first-order valence-electron chi connectivity index (χ1n) is 6.14. The SMILES string of the molecule is Cc1cc(C)c(-n2cc(CCO)c(C(=O)O)n2)c(Br)c1. The van der Waals surface area contributed by atoms with E-state index in [0.29, 0.717) is 5.56 Å². The number of aromatic carboxylic acids is 1. The van der Waals surface area contributed by atoms with Gasteiger partial charge in [-0.15, -0.1) is 0 Å². The first-order valence-corrected chi connectivity index (χ1v) is 6.93. The molecule has 0 atom stereocenters. The summed E-state index contributed by atoms with van der Waals surface area (Å²) in [6.45, 7) is 3.82. The molecule has 2 aromatic rings. The summed E-state index contributed by atoms with van der Waals surface area (Å²) in [5, 5.41) is 22.3. The lowest BCUT2D eigenvalue weighted by Gasteiger charge is -2.09. The van der Waals surface area contributed by atoms with Crippen molar-refractivity contribution in [3.05, 3.63) is 45.2 Å². The number of nitrogens with zero attached hydrogens (tertiary/aromatic N) is 2. The van der Waals surface area contributed by atoms with Crippen LogP contribution in [-0.4, -0.2) is 32.6 Å². The molecule has 6 heteroatoms. The first-order chi connectivity index (χ1) is 9.43. The van der Waals surface area contributed by atoms with Gasteiger partial charge in [0.25, 0.3) is 0 Å². The van der Waals surface area contributed by atoms with Crippen LogP contribution in [0, 0.1) is 13.8 Å². The van der Waals surface area contributed by atoms with Crippen LogP contribution >= 0.6 is 15.9 Å². The Bertz CT molecular complexity index is 641. The summed E-state index contributed by atoms with van der Waals surface area (Å²) in [7, 11) is 0. The molecule has 2 rings (SSSR count). The molecule has 0 spiro atoms. The van der Waals surface area contributed by atoms with Crippen LogP contribution in [-0.2, 0) is 6.42 Å². The van der Waals surface area contributed by atoms with Gasteiger partial charge in [0.1, 0.15) is 0 Å². The highest BCUT2D eigenvalue weighted by molar-refractivity contribution is 9.10. The maximum absolute atomic E-state index is 11.2.